The highest BCUT2D eigenvalue weighted by molar-refractivity contribution is 7.81. The number of rotatable bonds is 5. The topological polar surface area (TPSA) is 66.8 Å². The van der Waals surface area contributed by atoms with E-state index in [1.54, 1.807) is 12.1 Å². The molecule has 0 unspecified atom stereocenters. The van der Waals surface area contributed by atoms with Crippen molar-refractivity contribution in [3.63, 3.8) is 0 Å². The van der Waals surface area contributed by atoms with Crippen molar-refractivity contribution in [1.29, 1.82) is 0 Å². The summed E-state index contributed by atoms with van der Waals surface area (Å²) in [5, 5.41) is 0. The van der Waals surface area contributed by atoms with Gasteiger partial charge in [-0.1, -0.05) is 6.07 Å². The molecule has 1 aromatic rings. The van der Waals surface area contributed by atoms with Gasteiger partial charge >= 0.3 is 10.4 Å². The first-order valence-corrected chi connectivity index (χ1v) is 6.34. The molecule has 1 rings (SSSR count). The molecule has 90 valence electrons. The standard InChI is InChI=1S/C10H15NO4S/c1-3-11(4-2)9-6-5-7-10(8-9)15-16(12,13)14/h5-8H,3-4H2,1-2H3,(H,12,13,14). The highest BCUT2D eigenvalue weighted by Crippen LogP contribution is 2.21. The molecular formula is C10H15NO4S. The van der Waals surface area contributed by atoms with Gasteiger partial charge in [-0.15, -0.1) is 0 Å². The number of anilines is 1. The van der Waals surface area contributed by atoms with Crippen LogP contribution in [0.1, 0.15) is 13.8 Å². The molecule has 0 atom stereocenters. The number of nitrogens with zero attached hydrogens (tertiary/aromatic N) is 1. The van der Waals surface area contributed by atoms with Gasteiger partial charge in [0.05, 0.1) is 0 Å². The van der Waals surface area contributed by atoms with E-state index in [4.69, 9.17) is 4.55 Å². The molecule has 1 N–H and O–H groups in total. The van der Waals surface area contributed by atoms with E-state index in [1.807, 2.05) is 24.8 Å². The highest BCUT2D eigenvalue weighted by atomic mass is 32.3. The molecule has 0 aliphatic carbocycles. The number of hydrogen-bond donors (Lipinski definition) is 1. The Labute approximate surface area is 95.6 Å². The summed E-state index contributed by atoms with van der Waals surface area (Å²) >= 11 is 0. The lowest BCUT2D eigenvalue weighted by Gasteiger charge is -2.21. The van der Waals surface area contributed by atoms with E-state index in [0.29, 0.717) is 0 Å². The van der Waals surface area contributed by atoms with Crippen LogP contribution in [-0.2, 0) is 10.4 Å². The molecule has 0 amide bonds. The SMILES string of the molecule is CCN(CC)c1cccc(OS(=O)(=O)O)c1. The van der Waals surface area contributed by atoms with Crippen molar-refractivity contribution in [3.05, 3.63) is 24.3 Å². The maximum atomic E-state index is 10.5. The largest absolute Gasteiger partial charge is 0.446 e. The first-order chi connectivity index (χ1) is 7.46. The zero-order chi connectivity index (χ0) is 12.2. The van der Waals surface area contributed by atoms with Gasteiger partial charge in [0.1, 0.15) is 5.75 Å². The summed E-state index contributed by atoms with van der Waals surface area (Å²) in [6.45, 7) is 5.62. The zero-order valence-electron chi connectivity index (χ0n) is 9.25. The van der Waals surface area contributed by atoms with Crippen molar-refractivity contribution >= 4 is 16.1 Å². The maximum Gasteiger partial charge on any atom is 0.446 e. The Morgan fingerprint density at radius 3 is 2.44 bits per heavy atom. The van der Waals surface area contributed by atoms with Crippen molar-refractivity contribution in [2.75, 3.05) is 18.0 Å². The van der Waals surface area contributed by atoms with Crippen LogP contribution >= 0.6 is 0 Å². The van der Waals surface area contributed by atoms with E-state index < -0.39 is 10.4 Å². The van der Waals surface area contributed by atoms with Crippen LogP contribution in [0.5, 0.6) is 5.75 Å². The molecule has 0 spiro atoms. The fourth-order valence-corrected chi connectivity index (χ4v) is 1.79. The maximum absolute atomic E-state index is 10.5. The van der Waals surface area contributed by atoms with Crippen LogP contribution in [0.15, 0.2) is 24.3 Å². The van der Waals surface area contributed by atoms with Crippen LogP contribution in [0.25, 0.3) is 0 Å². The molecule has 0 aromatic heterocycles. The van der Waals surface area contributed by atoms with Gasteiger partial charge in [0.15, 0.2) is 0 Å². The molecule has 0 aliphatic heterocycles. The average molecular weight is 245 g/mol. The normalized spacial score (nSPS) is 11.2. The molecule has 1 aromatic carbocycles. The van der Waals surface area contributed by atoms with Gasteiger partial charge in [-0.3, -0.25) is 4.55 Å². The van der Waals surface area contributed by atoms with Crippen molar-refractivity contribution in [2.24, 2.45) is 0 Å². The first kappa shape index (κ1) is 12.8. The zero-order valence-corrected chi connectivity index (χ0v) is 10.1. The van der Waals surface area contributed by atoms with Gasteiger partial charge in [-0.2, -0.15) is 8.42 Å². The fourth-order valence-electron chi connectivity index (χ4n) is 1.44. The molecule has 0 bridgehead atoms. The molecule has 0 heterocycles. The van der Waals surface area contributed by atoms with Crippen LogP contribution in [0.4, 0.5) is 5.69 Å². The minimum atomic E-state index is -4.45. The Morgan fingerprint density at radius 2 is 1.94 bits per heavy atom. The van der Waals surface area contributed by atoms with E-state index in [2.05, 4.69) is 4.18 Å². The summed E-state index contributed by atoms with van der Waals surface area (Å²) in [4.78, 5) is 2.04. The van der Waals surface area contributed by atoms with Gasteiger partial charge in [-0.25, -0.2) is 0 Å². The van der Waals surface area contributed by atoms with Crippen LogP contribution < -0.4 is 9.08 Å². The molecule has 16 heavy (non-hydrogen) atoms. The molecule has 5 nitrogen and oxygen atoms in total. The van der Waals surface area contributed by atoms with Gasteiger partial charge in [0.25, 0.3) is 0 Å². The van der Waals surface area contributed by atoms with Crippen molar-refractivity contribution in [2.45, 2.75) is 13.8 Å². The summed E-state index contributed by atoms with van der Waals surface area (Å²) in [6, 6.07) is 6.57. The second-order valence-corrected chi connectivity index (χ2v) is 4.20. The lowest BCUT2D eigenvalue weighted by atomic mass is 10.2. The minimum Gasteiger partial charge on any atom is -0.372 e. The second-order valence-electron chi connectivity index (χ2n) is 3.18. The molecule has 0 saturated carbocycles. The van der Waals surface area contributed by atoms with E-state index in [1.165, 1.54) is 6.07 Å². The molecule has 6 heteroatoms. The number of benzene rings is 1. The van der Waals surface area contributed by atoms with E-state index in [9.17, 15) is 8.42 Å². The predicted octanol–water partition coefficient (Wildman–Crippen LogP) is 1.71. The Kier molecular flexibility index (Phi) is 4.14. The third kappa shape index (κ3) is 3.71. The van der Waals surface area contributed by atoms with Gasteiger partial charge in [0, 0.05) is 24.8 Å². The Hall–Kier alpha value is -1.27. The van der Waals surface area contributed by atoms with Crippen LogP contribution in [-0.4, -0.2) is 26.1 Å². The molecular weight excluding hydrogens is 230 g/mol. The molecule has 0 aliphatic rings. The third-order valence-corrected chi connectivity index (χ3v) is 2.55. The monoisotopic (exact) mass is 245 g/mol. The summed E-state index contributed by atoms with van der Waals surface area (Å²) in [6.07, 6.45) is 0. The summed E-state index contributed by atoms with van der Waals surface area (Å²) < 4.78 is 34.0. The van der Waals surface area contributed by atoms with E-state index in [-0.39, 0.29) is 5.75 Å². The lowest BCUT2D eigenvalue weighted by molar-refractivity contribution is 0.387. The van der Waals surface area contributed by atoms with Crippen LogP contribution in [0.2, 0.25) is 0 Å². The van der Waals surface area contributed by atoms with Crippen LogP contribution in [0, 0.1) is 0 Å². The smallest absolute Gasteiger partial charge is 0.372 e. The highest BCUT2D eigenvalue weighted by Gasteiger charge is 2.08. The number of hydrogen-bond acceptors (Lipinski definition) is 4. The van der Waals surface area contributed by atoms with E-state index in [0.717, 1.165) is 18.8 Å². The van der Waals surface area contributed by atoms with Crippen molar-refractivity contribution < 1.29 is 17.2 Å². The quantitative estimate of drug-likeness (QED) is 0.800. The van der Waals surface area contributed by atoms with Crippen molar-refractivity contribution in [3.8, 4) is 5.75 Å². The van der Waals surface area contributed by atoms with Gasteiger partial charge < -0.3 is 9.08 Å². The predicted molar refractivity (Wildman–Crippen MR) is 62.2 cm³/mol. The lowest BCUT2D eigenvalue weighted by Crippen LogP contribution is -2.21. The van der Waals surface area contributed by atoms with Crippen LogP contribution in [0.3, 0.4) is 0 Å². The third-order valence-electron chi connectivity index (χ3n) is 2.15. The van der Waals surface area contributed by atoms with Crippen molar-refractivity contribution in [1.82, 2.24) is 0 Å². The molecule has 0 radical (unpaired) electrons. The van der Waals surface area contributed by atoms with E-state index >= 15 is 0 Å². The van der Waals surface area contributed by atoms with Gasteiger partial charge in [-0.05, 0) is 26.0 Å². The summed E-state index contributed by atoms with van der Waals surface area (Å²) in [5.74, 6) is 0.104. The Balaban J connectivity index is 2.95. The molecule has 0 saturated heterocycles. The van der Waals surface area contributed by atoms with Gasteiger partial charge in [0.2, 0.25) is 0 Å². The first-order valence-electron chi connectivity index (χ1n) is 4.98. The Bertz CT molecular complexity index is 440. The second kappa shape index (κ2) is 5.18. The Morgan fingerprint density at radius 1 is 1.31 bits per heavy atom. The average Bonchev–Trinajstić information content (AvgIpc) is 2.17. The minimum absolute atomic E-state index is 0.104. The molecule has 0 fully saturated rings. The fraction of sp³-hybridized carbons (Fsp3) is 0.400. The summed E-state index contributed by atoms with van der Waals surface area (Å²) in [7, 11) is -4.45. The summed E-state index contributed by atoms with van der Waals surface area (Å²) in [5.41, 5.74) is 0.853.